The van der Waals surface area contributed by atoms with Crippen molar-refractivity contribution in [1.82, 2.24) is 0 Å². The van der Waals surface area contributed by atoms with Crippen LogP contribution in [0, 0.1) is 0 Å². The van der Waals surface area contributed by atoms with Crippen molar-refractivity contribution in [1.29, 1.82) is 0 Å². The summed E-state index contributed by atoms with van der Waals surface area (Å²) in [6.07, 6.45) is 0.154. The maximum atomic E-state index is 11.8. The molecule has 1 aromatic heterocycles. The van der Waals surface area contributed by atoms with Gasteiger partial charge in [0.15, 0.2) is 0 Å². The van der Waals surface area contributed by atoms with Crippen molar-refractivity contribution in [2.24, 2.45) is 0 Å². The molecule has 3 rings (SSSR count). The molecule has 0 aliphatic carbocycles. The van der Waals surface area contributed by atoms with Gasteiger partial charge >= 0.3 is 0 Å². The lowest BCUT2D eigenvalue weighted by Crippen LogP contribution is -2.04. The minimum absolute atomic E-state index is 0.0104. The number of ether oxygens (including phenoxy) is 2. The van der Waals surface area contributed by atoms with Crippen LogP contribution in [-0.4, -0.2) is 33.5 Å². The standard InChI is InChI=1S/C13H14O5S/c1-2-19(14,15)13-6-10-11(17-8-9-7-16-9)4-3-5-12(10)18-13/h3-6,9H,2,7-8H2,1H3/t9-/m0/s1. The molecule has 1 aliphatic rings. The molecule has 0 amide bonds. The second kappa shape index (κ2) is 4.54. The van der Waals surface area contributed by atoms with E-state index in [0.717, 1.165) is 6.61 Å². The zero-order chi connectivity index (χ0) is 13.5. The number of hydrogen-bond acceptors (Lipinski definition) is 5. The molecule has 1 aromatic carbocycles. The third-order valence-electron chi connectivity index (χ3n) is 3.01. The molecule has 19 heavy (non-hydrogen) atoms. The highest BCUT2D eigenvalue weighted by molar-refractivity contribution is 7.91. The largest absolute Gasteiger partial charge is 0.490 e. The smallest absolute Gasteiger partial charge is 0.219 e. The quantitative estimate of drug-likeness (QED) is 0.785. The monoisotopic (exact) mass is 282 g/mol. The van der Waals surface area contributed by atoms with E-state index in [2.05, 4.69) is 0 Å². The van der Waals surface area contributed by atoms with E-state index < -0.39 is 9.84 Å². The normalized spacial score (nSPS) is 18.7. The van der Waals surface area contributed by atoms with Crippen LogP contribution in [0.25, 0.3) is 11.0 Å². The van der Waals surface area contributed by atoms with E-state index in [4.69, 9.17) is 13.9 Å². The molecule has 0 radical (unpaired) electrons. The number of epoxide rings is 1. The first-order chi connectivity index (χ1) is 9.10. The molecular weight excluding hydrogens is 268 g/mol. The third-order valence-corrected chi connectivity index (χ3v) is 4.59. The number of fused-ring (bicyclic) bond motifs is 1. The van der Waals surface area contributed by atoms with Crippen molar-refractivity contribution in [2.45, 2.75) is 18.1 Å². The van der Waals surface area contributed by atoms with Gasteiger partial charge in [0.25, 0.3) is 0 Å². The topological polar surface area (TPSA) is 69.0 Å². The number of rotatable bonds is 5. The van der Waals surface area contributed by atoms with Crippen LogP contribution < -0.4 is 4.74 Å². The summed E-state index contributed by atoms with van der Waals surface area (Å²) in [7, 11) is -3.34. The molecule has 102 valence electrons. The fraction of sp³-hybridized carbons (Fsp3) is 0.385. The van der Waals surface area contributed by atoms with Crippen LogP contribution in [0.5, 0.6) is 5.75 Å². The number of furan rings is 1. The zero-order valence-corrected chi connectivity index (χ0v) is 11.3. The number of hydrogen-bond donors (Lipinski definition) is 0. The fourth-order valence-electron chi connectivity index (χ4n) is 1.78. The second-order valence-electron chi connectivity index (χ2n) is 4.40. The number of benzene rings is 1. The molecule has 1 fully saturated rings. The molecule has 1 atom stereocenters. The zero-order valence-electron chi connectivity index (χ0n) is 10.5. The second-order valence-corrected chi connectivity index (χ2v) is 6.61. The van der Waals surface area contributed by atoms with E-state index >= 15 is 0 Å². The Morgan fingerprint density at radius 2 is 2.21 bits per heavy atom. The van der Waals surface area contributed by atoms with Crippen molar-refractivity contribution in [2.75, 3.05) is 19.0 Å². The van der Waals surface area contributed by atoms with E-state index in [0.29, 0.717) is 23.3 Å². The molecule has 6 heteroatoms. The summed E-state index contributed by atoms with van der Waals surface area (Å²) in [6, 6.07) is 6.82. The Hall–Kier alpha value is -1.53. The van der Waals surface area contributed by atoms with Crippen LogP contribution in [-0.2, 0) is 14.6 Å². The van der Waals surface area contributed by atoms with Gasteiger partial charge in [-0.2, -0.15) is 0 Å². The summed E-state index contributed by atoms with van der Waals surface area (Å²) in [5.74, 6) is 0.633. The van der Waals surface area contributed by atoms with Crippen molar-refractivity contribution < 1.29 is 22.3 Å². The van der Waals surface area contributed by atoms with Crippen LogP contribution in [0.15, 0.2) is 33.8 Å². The molecule has 0 spiro atoms. The van der Waals surface area contributed by atoms with E-state index in [1.54, 1.807) is 25.1 Å². The minimum atomic E-state index is -3.34. The maximum absolute atomic E-state index is 11.8. The molecule has 1 aliphatic heterocycles. The molecule has 1 saturated heterocycles. The molecule has 5 nitrogen and oxygen atoms in total. The molecule has 0 N–H and O–H groups in total. The van der Waals surface area contributed by atoms with Crippen molar-refractivity contribution in [3.05, 3.63) is 24.3 Å². The average Bonchev–Trinajstić information content (AvgIpc) is 3.12. The average molecular weight is 282 g/mol. The van der Waals surface area contributed by atoms with Gasteiger partial charge in [0.05, 0.1) is 17.7 Å². The van der Waals surface area contributed by atoms with E-state index in [1.807, 2.05) is 0 Å². The van der Waals surface area contributed by atoms with E-state index in [-0.39, 0.29) is 16.9 Å². The lowest BCUT2D eigenvalue weighted by Gasteiger charge is -2.04. The Kier molecular flexibility index (Phi) is 2.99. The van der Waals surface area contributed by atoms with Crippen LogP contribution in [0.2, 0.25) is 0 Å². The lowest BCUT2D eigenvalue weighted by molar-refractivity contribution is 0.265. The Labute approximate surface area is 111 Å². The SMILES string of the molecule is CCS(=O)(=O)c1cc2c(OC[C@@H]3CO3)cccc2o1. The number of sulfone groups is 1. The summed E-state index contributed by atoms with van der Waals surface area (Å²) in [5, 5.41) is 0.666. The van der Waals surface area contributed by atoms with Crippen LogP contribution in [0.3, 0.4) is 0 Å². The molecule has 2 heterocycles. The maximum Gasteiger partial charge on any atom is 0.219 e. The first kappa shape index (κ1) is 12.5. The Balaban J connectivity index is 1.99. The first-order valence-corrected chi connectivity index (χ1v) is 7.75. The summed E-state index contributed by atoms with van der Waals surface area (Å²) in [6.45, 7) is 2.78. The van der Waals surface area contributed by atoms with Gasteiger partial charge in [0.1, 0.15) is 24.0 Å². The predicted octanol–water partition coefficient (Wildman–Crippen LogP) is 2.00. The summed E-state index contributed by atoms with van der Waals surface area (Å²) in [4.78, 5) is 0. The predicted molar refractivity (Wildman–Crippen MR) is 69.2 cm³/mol. The Morgan fingerprint density at radius 1 is 1.42 bits per heavy atom. The highest BCUT2D eigenvalue weighted by Crippen LogP contribution is 2.31. The van der Waals surface area contributed by atoms with Crippen LogP contribution >= 0.6 is 0 Å². The molecule has 0 bridgehead atoms. The molecule has 0 unspecified atom stereocenters. The highest BCUT2D eigenvalue weighted by atomic mass is 32.2. The lowest BCUT2D eigenvalue weighted by atomic mass is 10.2. The van der Waals surface area contributed by atoms with Gasteiger partial charge in [0, 0.05) is 6.07 Å². The van der Waals surface area contributed by atoms with Crippen LogP contribution in [0.4, 0.5) is 0 Å². The Morgan fingerprint density at radius 3 is 2.89 bits per heavy atom. The van der Waals surface area contributed by atoms with Gasteiger partial charge in [-0.05, 0) is 12.1 Å². The van der Waals surface area contributed by atoms with Gasteiger partial charge in [0.2, 0.25) is 14.9 Å². The Bertz CT molecular complexity index is 697. The van der Waals surface area contributed by atoms with Gasteiger partial charge in [-0.25, -0.2) is 8.42 Å². The van der Waals surface area contributed by atoms with E-state index in [9.17, 15) is 8.42 Å². The third kappa shape index (κ3) is 2.46. The molecule has 2 aromatic rings. The van der Waals surface area contributed by atoms with Gasteiger partial charge < -0.3 is 13.9 Å². The molecular formula is C13H14O5S. The van der Waals surface area contributed by atoms with Crippen molar-refractivity contribution in [3.8, 4) is 5.75 Å². The van der Waals surface area contributed by atoms with Gasteiger partial charge in [-0.3, -0.25) is 0 Å². The van der Waals surface area contributed by atoms with Crippen molar-refractivity contribution >= 4 is 20.8 Å². The summed E-state index contributed by atoms with van der Waals surface area (Å²) < 4.78 is 39.7. The van der Waals surface area contributed by atoms with Crippen molar-refractivity contribution in [3.63, 3.8) is 0 Å². The summed E-state index contributed by atoms with van der Waals surface area (Å²) >= 11 is 0. The fourth-order valence-corrected chi connectivity index (χ4v) is 2.58. The minimum Gasteiger partial charge on any atom is -0.490 e. The molecule has 0 saturated carbocycles. The van der Waals surface area contributed by atoms with Gasteiger partial charge in [-0.15, -0.1) is 0 Å². The van der Waals surface area contributed by atoms with E-state index in [1.165, 1.54) is 6.07 Å². The highest BCUT2D eigenvalue weighted by Gasteiger charge is 2.24. The first-order valence-electron chi connectivity index (χ1n) is 6.10. The van der Waals surface area contributed by atoms with Crippen LogP contribution in [0.1, 0.15) is 6.92 Å². The van der Waals surface area contributed by atoms with Gasteiger partial charge in [-0.1, -0.05) is 13.0 Å². The summed E-state index contributed by atoms with van der Waals surface area (Å²) in [5.41, 5.74) is 0.515.